The summed E-state index contributed by atoms with van der Waals surface area (Å²) in [6, 6.07) is 5.39. The first kappa shape index (κ1) is 20.2. The summed E-state index contributed by atoms with van der Waals surface area (Å²) in [5.41, 5.74) is 1.66. The number of rotatable bonds is 6. The maximum atomic E-state index is 12.5. The van der Waals surface area contributed by atoms with Crippen LogP contribution in [0, 0.1) is 5.92 Å². The minimum Gasteiger partial charge on any atom is -0.380 e. The zero-order chi connectivity index (χ0) is 19.9. The van der Waals surface area contributed by atoms with E-state index in [1.807, 2.05) is 12.1 Å². The first-order valence-corrected chi connectivity index (χ1v) is 10.8. The number of pyridine rings is 1. The Labute approximate surface area is 172 Å². The second kappa shape index (κ2) is 10.1. The molecule has 2 fully saturated rings. The summed E-state index contributed by atoms with van der Waals surface area (Å²) >= 11 is 0. The molecule has 0 radical (unpaired) electrons. The molecular formula is C22H31N5O2. The fraction of sp³-hybridized carbons (Fsp3) is 0.591. The van der Waals surface area contributed by atoms with Crippen molar-refractivity contribution in [1.29, 1.82) is 0 Å². The number of piperidine rings is 1. The quantitative estimate of drug-likeness (QED) is 0.740. The highest BCUT2D eigenvalue weighted by Gasteiger charge is 2.21. The van der Waals surface area contributed by atoms with Crippen molar-refractivity contribution in [3.63, 3.8) is 0 Å². The minimum absolute atomic E-state index is 0.0256. The molecule has 7 heteroatoms. The molecule has 4 rings (SSSR count). The number of likely N-dealkylation sites (tertiary alicyclic amines) is 1. The van der Waals surface area contributed by atoms with E-state index in [2.05, 4.69) is 19.8 Å². The van der Waals surface area contributed by atoms with Gasteiger partial charge in [-0.1, -0.05) is 0 Å². The van der Waals surface area contributed by atoms with Crippen molar-refractivity contribution in [2.75, 3.05) is 52.5 Å². The van der Waals surface area contributed by atoms with Crippen LogP contribution in [0.2, 0.25) is 0 Å². The van der Waals surface area contributed by atoms with E-state index in [4.69, 9.17) is 4.74 Å². The van der Waals surface area contributed by atoms with E-state index >= 15 is 0 Å². The van der Waals surface area contributed by atoms with E-state index in [0.717, 1.165) is 83.9 Å². The van der Waals surface area contributed by atoms with E-state index in [9.17, 15) is 4.79 Å². The monoisotopic (exact) mass is 397 g/mol. The molecule has 2 aliphatic rings. The smallest absolute Gasteiger partial charge is 0.253 e. The summed E-state index contributed by atoms with van der Waals surface area (Å²) in [5, 5.41) is 0. The molecule has 29 heavy (non-hydrogen) atoms. The molecule has 2 aromatic heterocycles. The van der Waals surface area contributed by atoms with E-state index in [0.29, 0.717) is 11.6 Å². The summed E-state index contributed by atoms with van der Waals surface area (Å²) in [4.78, 5) is 26.1. The highest BCUT2D eigenvalue weighted by molar-refractivity contribution is 5.57. The molecule has 2 aromatic rings. The van der Waals surface area contributed by atoms with Crippen LogP contribution in [0.4, 0.5) is 0 Å². The molecular weight excluding hydrogens is 366 g/mol. The Balaban J connectivity index is 1.25. The van der Waals surface area contributed by atoms with Crippen LogP contribution in [0.5, 0.6) is 0 Å². The lowest BCUT2D eigenvalue weighted by atomic mass is 9.96. The third-order valence-corrected chi connectivity index (χ3v) is 6.06. The summed E-state index contributed by atoms with van der Waals surface area (Å²) in [7, 11) is 0. The molecule has 4 heterocycles. The van der Waals surface area contributed by atoms with Crippen molar-refractivity contribution in [3.8, 4) is 11.3 Å². The third kappa shape index (κ3) is 5.72. The predicted octanol–water partition coefficient (Wildman–Crippen LogP) is 1.74. The lowest BCUT2D eigenvalue weighted by molar-refractivity contribution is 0.130. The fourth-order valence-corrected chi connectivity index (χ4v) is 4.22. The van der Waals surface area contributed by atoms with Gasteiger partial charge < -0.3 is 9.64 Å². The molecule has 2 saturated heterocycles. The average molecular weight is 398 g/mol. The Hall–Kier alpha value is -2.09. The van der Waals surface area contributed by atoms with Crippen LogP contribution < -0.4 is 5.56 Å². The maximum absolute atomic E-state index is 12.5. The van der Waals surface area contributed by atoms with Crippen molar-refractivity contribution >= 4 is 0 Å². The molecule has 0 amide bonds. The summed E-state index contributed by atoms with van der Waals surface area (Å²) < 4.78 is 7.30. The standard InChI is InChI=1S/C22H31N5O2/c28-22-16-21(20-2-6-23-7-3-20)24-18-27(22)17-19-4-9-26(10-5-19)12-11-25-8-1-14-29-15-13-25/h2-3,6-7,16,18-19H,1,4-5,8-15,17H2. The van der Waals surface area contributed by atoms with Crippen molar-refractivity contribution in [3.05, 3.63) is 47.3 Å². The van der Waals surface area contributed by atoms with E-state index in [1.165, 1.54) is 0 Å². The zero-order valence-electron chi connectivity index (χ0n) is 17.1. The van der Waals surface area contributed by atoms with Gasteiger partial charge in [-0.3, -0.25) is 19.2 Å². The van der Waals surface area contributed by atoms with Gasteiger partial charge >= 0.3 is 0 Å². The highest BCUT2D eigenvalue weighted by Crippen LogP contribution is 2.19. The number of aromatic nitrogens is 3. The number of hydrogen-bond acceptors (Lipinski definition) is 6. The molecule has 0 unspecified atom stereocenters. The predicted molar refractivity (Wildman–Crippen MR) is 113 cm³/mol. The highest BCUT2D eigenvalue weighted by atomic mass is 16.5. The first-order valence-electron chi connectivity index (χ1n) is 10.8. The van der Waals surface area contributed by atoms with Gasteiger partial charge in [-0.05, 0) is 50.4 Å². The molecule has 0 spiro atoms. The Kier molecular flexibility index (Phi) is 7.03. The Morgan fingerprint density at radius 2 is 1.76 bits per heavy atom. The lowest BCUT2D eigenvalue weighted by Crippen LogP contribution is -2.41. The van der Waals surface area contributed by atoms with Crippen molar-refractivity contribution in [2.24, 2.45) is 5.92 Å². The summed E-state index contributed by atoms with van der Waals surface area (Å²) in [6.45, 7) is 9.25. The summed E-state index contributed by atoms with van der Waals surface area (Å²) in [6.07, 6.45) is 8.56. The van der Waals surface area contributed by atoms with Crippen LogP contribution in [-0.4, -0.2) is 76.8 Å². The molecule has 156 valence electrons. The van der Waals surface area contributed by atoms with Gasteiger partial charge in [-0.2, -0.15) is 0 Å². The summed E-state index contributed by atoms with van der Waals surface area (Å²) in [5.74, 6) is 0.545. The second-order valence-corrected chi connectivity index (χ2v) is 8.09. The van der Waals surface area contributed by atoms with Crippen LogP contribution in [0.25, 0.3) is 11.3 Å². The van der Waals surface area contributed by atoms with Crippen molar-refractivity contribution in [2.45, 2.75) is 25.8 Å². The van der Waals surface area contributed by atoms with Crippen LogP contribution in [0.1, 0.15) is 19.3 Å². The average Bonchev–Trinajstić information content (AvgIpc) is 3.04. The fourth-order valence-electron chi connectivity index (χ4n) is 4.22. The van der Waals surface area contributed by atoms with Crippen LogP contribution in [0.15, 0.2) is 41.7 Å². The van der Waals surface area contributed by atoms with E-state index in [-0.39, 0.29) is 5.56 Å². The normalized spacial score (nSPS) is 19.9. The van der Waals surface area contributed by atoms with Gasteiger partial charge in [0.1, 0.15) is 0 Å². The van der Waals surface area contributed by atoms with Gasteiger partial charge in [0, 0.05) is 63.4 Å². The molecule has 0 aromatic carbocycles. The minimum atomic E-state index is 0.0256. The molecule has 0 aliphatic carbocycles. The Morgan fingerprint density at radius 3 is 2.52 bits per heavy atom. The SMILES string of the molecule is O=c1cc(-c2ccncc2)ncn1CC1CCN(CCN2CCCOCC2)CC1. The van der Waals surface area contributed by atoms with E-state index < -0.39 is 0 Å². The second-order valence-electron chi connectivity index (χ2n) is 8.09. The lowest BCUT2D eigenvalue weighted by Gasteiger charge is -2.33. The number of nitrogens with zero attached hydrogens (tertiary/aromatic N) is 5. The molecule has 0 atom stereocenters. The van der Waals surface area contributed by atoms with Gasteiger partial charge in [0.05, 0.1) is 18.6 Å². The van der Waals surface area contributed by atoms with Gasteiger partial charge in [0.25, 0.3) is 5.56 Å². The van der Waals surface area contributed by atoms with Crippen LogP contribution >= 0.6 is 0 Å². The Morgan fingerprint density at radius 1 is 1.00 bits per heavy atom. The molecule has 7 nitrogen and oxygen atoms in total. The van der Waals surface area contributed by atoms with Gasteiger partial charge in [0.15, 0.2) is 0 Å². The Bertz CT molecular complexity index is 809. The topological polar surface area (TPSA) is 63.5 Å². The van der Waals surface area contributed by atoms with Gasteiger partial charge in [-0.25, -0.2) is 4.98 Å². The zero-order valence-corrected chi connectivity index (χ0v) is 17.1. The molecule has 0 bridgehead atoms. The van der Waals surface area contributed by atoms with Crippen molar-refractivity contribution in [1.82, 2.24) is 24.3 Å². The molecule has 0 N–H and O–H groups in total. The third-order valence-electron chi connectivity index (χ3n) is 6.06. The van der Waals surface area contributed by atoms with Crippen LogP contribution in [0.3, 0.4) is 0 Å². The number of ether oxygens (including phenoxy) is 1. The molecule has 2 aliphatic heterocycles. The first-order chi connectivity index (χ1) is 14.3. The van der Waals surface area contributed by atoms with Gasteiger partial charge in [-0.15, -0.1) is 0 Å². The van der Waals surface area contributed by atoms with Gasteiger partial charge in [0.2, 0.25) is 0 Å². The van der Waals surface area contributed by atoms with Crippen molar-refractivity contribution < 1.29 is 4.74 Å². The largest absolute Gasteiger partial charge is 0.380 e. The van der Waals surface area contributed by atoms with Crippen LogP contribution in [-0.2, 0) is 11.3 Å². The molecule has 0 saturated carbocycles. The number of hydrogen-bond donors (Lipinski definition) is 0. The maximum Gasteiger partial charge on any atom is 0.253 e. The van der Waals surface area contributed by atoms with E-state index in [1.54, 1.807) is 29.4 Å².